The molecule has 2 bridgehead atoms. The van der Waals surface area contributed by atoms with E-state index in [0.717, 1.165) is 32.1 Å². The van der Waals surface area contributed by atoms with Gasteiger partial charge in [-0.1, -0.05) is 26.8 Å². The topological polar surface area (TPSA) is 77.8 Å². The molecule has 4 nitrogen and oxygen atoms in total. The van der Waals surface area contributed by atoms with Gasteiger partial charge in [-0.05, 0) is 53.9 Å². The molecule has 0 aromatic heterocycles. The van der Waals surface area contributed by atoms with Crippen molar-refractivity contribution in [3.05, 3.63) is 12.2 Å². The minimum Gasteiger partial charge on any atom is -0.396 e. The molecule has 4 heteroatoms. The van der Waals surface area contributed by atoms with Gasteiger partial charge >= 0.3 is 0 Å². The number of carbonyl (C=O) groups is 1. The molecule has 0 aromatic carbocycles. The van der Waals surface area contributed by atoms with Gasteiger partial charge in [0.05, 0.1) is 17.6 Å². The highest BCUT2D eigenvalue weighted by Gasteiger charge is 2.73. The fourth-order valence-corrected chi connectivity index (χ4v) is 7.38. The number of hydrogen-bond acceptors (Lipinski definition) is 4. The molecule has 0 unspecified atom stereocenters. The standard InChI is InChI=1S/C20H30O4/c1-11-12-5-6-13-19(3)8-4-7-18(2,10-21)14(19)9-15(22)20(13,16(11)23)17(12)24/h12-14,16-17,21,23-24H,1,4-10H2,2-3H3/t12-,13-,14+,16+,17+,18+,19-,20-/m0/s1. The molecular formula is C20H30O4. The number of Topliss-reactive ketones (excluding diaryl/α,β-unsaturated/α-hetero) is 1. The second-order valence-electron chi connectivity index (χ2n) is 9.44. The number of hydrogen-bond donors (Lipinski definition) is 3. The smallest absolute Gasteiger partial charge is 0.145 e. The first-order valence-electron chi connectivity index (χ1n) is 9.42. The molecule has 4 fully saturated rings. The number of rotatable bonds is 1. The van der Waals surface area contributed by atoms with Crippen molar-refractivity contribution in [1.82, 2.24) is 0 Å². The van der Waals surface area contributed by atoms with Gasteiger partial charge in [0.25, 0.3) is 0 Å². The number of aliphatic hydroxyl groups is 3. The number of aliphatic hydroxyl groups excluding tert-OH is 3. The predicted molar refractivity (Wildman–Crippen MR) is 90.1 cm³/mol. The highest BCUT2D eigenvalue weighted by atomic mass is 16.3. The van der Waals surface area contributed by atoms with Crippen LogP contribution < -0.4 is 0 Å². The zero-order valence-electron chi connectivity index (χ0n) is 14.8. The van der Waals surface area contributed by atoms with Crippen LogP contribution in [0.4, 0.5) is 0 Å². The van der Waals surface area contributed by atoms with Crippen molar-refractivity contribution >= 4 is 5.78 Å². The van der Waals surface area contributed by atoms with Crippen LogP contribution in [0.5, 0.6) is 0 Å². The van der Waals surface area contributed by atoms with E-state index in [1.165, 1.54) is 0 Å². The van der Waals surface area contributed by atoms with Gasteiger partial charge < -0.3 is 15.3 Å². The van der Waals surface area contributed by atoms with E-state index in [2.05, 4.69) is 20.4 Å². The second kappa shape index (κ2) is 4.93. The third-order valence-corrected chi connectivity index (χ3v) is 8.62. The van der Waals surface area contributed by atoms with Crippen molar-refractivity contribution in [2.24, 2.45) is 34.0 Å². The summed E-state index contributed by atoms with van der Waals surface area (Å²) >= 11 is 0. The maximum absolute atomic E-state index is 13.3. The first-order valence-corrected chi connectivity index (χ1v) is 9.42. The predicted octanol–water partition coefficient (Wildman–Crippen LogP) is 2.07. The summed E-state index contributed by atoms with van der Waals surface area (Å²) in [6.07, 6.45) is 3.27. The molecule has 0 heterocycles. The Bertz CT molecular complexity index is 600. The lowest BCUT2D eigenvalue weighted by atomic mass is 9.40. The first-order chi connectivity index (χ1) is 11.2. The summed E-state index contributed by atoms with van der Waals surface area (Å²) < 4.78 is 0. The Balaban J connectivity index is 1.86. The van der Waals surface area contributed by atoms with Crippen molar-refractivity contribution in [1.29, 1.82) is 0 Å². The molecule has 4 aliphatic rings. The summed E-state index contributed by atoms with van der Waals surface area (Å²) in [5.41, 5.74) is -0.770. The van der Waals surface area contributed by atoms with Crippen molar-refractivity contribution in [3.8, 4) is 0 Å². The van der Waals surface area contributed by atoms with Gasteiger partial charge in [0.1, 0.15) is 5.78 Å². The second-order valence-corrected chi connectivity index (χ2v) is 9.44. The monoisotopic (exact) mass is 334 g/mol. The van der Waals surface area contributed by atoms with E-state index >= 15 is 0 Å². The molecule has 4 saturated carbocycles. The molecule has 24 heavy (non-hydrogen) atoms. The van der Waals surface area contributed by atoms with Gasteiger partial charge in [-0.25, -0.2) is 0 Å². The minimum atomic E-state index is -1.06. The Kier molecular flexibility index (Phi) is 3.44. The number of carbonyl (C=O) groups excluding carboxylic acids is 1. The average Bonchev–Trinajstić information content (AvgIpc) is 2.66. The zero-order valence-corrected chi connectivity index (χ0v) is 14.8. The highest BCUT2D eigenvalue weighted by Crippen LogP contribution is 2.70. The highest BCUT2D eigenvalue weighted by molar-refractivity contribution is 5.90. The Morgan fingerprint density at radius 3 is 2.54 bits per heavy atom. The van der Waals surface area contributed by atoms with Crippen LogP contribution in [-0.4, -0.2) is 39.9 Å². The lowest BCUT2D eigenvalue weighted by Crippen LogP contribution is -2.66. The van der Waals surface area contributed by atoms with E-state index in [9.17, 15) is 20.1 Å². The van der Waals surface area contributed by atoms with Crippen LogP contribution in [0, 0.1) is 34.0 Å². The van der Waals surface area contributed by atoms with E-state index in [-0.39, 0.29) is 41.0 Å². The third-order valence-electron chi connectivity index (χ3n) is 8.62. The molecule has 0 aromatic rings. The van der Waals surface area contributed by atoms with Crippen molar-refractivity contribution in [2.45, 2.75) is 64.6 Å². The van der Waals surface area contributed by atoms with Crippen LogP contribution in [0.25, 0.3) is 0 Å². The molecule has 4 rings (SSSR count). The van der Waals surface area contributed by atoms with Gasteiger partial charge in [0.15, 0.2) is 0 Å². The SMILES string of the molecule is C=C1[C@@H](O)[C@@]23C(=O)C[C@@H]4[C@@](C)(CO)CCC[C@@]4(C)[C@@H]2CC[C@@H]1[C@H]3O. The molecule has 1 spiro atoms. The zero-order chi connectivity index (χ0) is 17.5. The summed E-state index contributed by atoms with van der Waals surface area (Å²) in [4.78, 5) is 13.3. The Morgan fingerprint density at radius 2 is 1.88 bits per heavy atom. The fraction of sp³-hybridized carbons (Fsp3) is 0.850. The molecule has 0 radical (unpaired) electrons. The number of ketones is 1. The molecule has 0 aliphatic heterocycles. The molecule has 0 saturated heterocycles. The maximum Gasteiger partial charge on any atom is 0.145 e. The largest absolute Gasteiger partial charge is 0.396 e. The lowest BCUT2D eigenvalue weighted by molar-refractivity contribution is -0.207. The first kappa shape index (κ1) is 16.7. The van der Waals surface area contributed by atoms with Crippen molar-refractivity contribution in [2.75, 3.05) is 6.61 Å². The van der Waals surface area contributed by atoms with Crippen molar-refractivity contribution < 1.29 is 20.1 Å². The van der Waals surface area contributed by atoms with Gasteiger partial charge in [-0.2, -0.15) is 0 Å². The normalized spacial score (nSPS) is 56.8. The van der Waals surface area contributed by atoms with Crippen LogP contribution in [0.15, 0.2) is 12.2 Å². The van der Waals surface area contributed by atoms with Gasteiger partial charge in [-0.15, -0.1) is 0 Å². The molecule has 134 valence electrons. The Hall–Kier alpha value is -0.710. The van der Waals surface area contributed by atoms with Crippen molar-refractivity contribution in [3.63, 3.8) is 0 Å². The Morgan fingerprint density at radius 1 is 1.17 bits per heavy atom. The van der Waals surface area contributed by atoms with Gasteiger partial charge in [-0.3, -0.25) is 4.79 Å². The molecule has 4 aliphatic carbocycles. The van der Waals surface area contributed by atoms with E-state index in [1.54, 1.807) is 0 Å². The Labute approximate surface area is 144 Å². The molecular weight excluding hydrogens is 304 g/mol. The van der Waals surface area contributed by atoms with Crippen LogP contribution >= 0.6 is 0 Å². The van der Waals surface area contributed by atoms with Crippen LogP contribution in [-0.2, 0) is 4.79 Å². The summed E-state index contributed by atoms with van der Waals surface area (Å²) in [6, 6.07) is 0. The summed E-state index contributed by atoms with van der Waals surface area (Å²) in [6.45, 7) is 8.46. The lowest BCUT2D eigenvalue weighted by Gasteiger charge is -2.64. The van der Waals surface area contributed by atoms with Gasteiger partial charge in [0, 0.05) is 18.9 Å². The van der Waals surface area contributed by atoms with Crippen LogP contribution in [0.3, 0.4) is 0 Å². The van der Waals surface area contributed by atoms with E-state index in [1.807, 2.05) is 0 Å². The third kappa shape index (κ3) is 1.63. The van der Waals surface area contributed by atoms with E-state index < -0.39 is 17.6 Å². The van der Waals surface area contributed by atoms with Crippen LogP contribution in [0.2, 0.25) is 0 Å². The fourth-order valence-electron chi connectivity index (χ4n) is 7.38. The molecule has 0 amide bonds. The summed E-state index contributed by atoms with van der Waals surface area (Å²) in [7, 11) is 0. The minimum absolute atomic E-state index is 0.0000926. The van der Waals surface area contributed by atoms with Crippen LogP contribution in [0.1, 0.15) is 52.4 Å². The quantitative estimate of drug-likeness (QED) is 0.642. The van der Waals surface area contributed by atoms with Gasteiger partial charge in [0.2, 0.25) is 0 Å². The average molecular weight is 334 g/mol. The van der Waals surface area contributed by atoms with E-state index in [4.69, 9.17) is 0 Å². The maximum atomic E-state index is 13.3. The van der Waals surface area contributed by atoms with E-state index in [0.29, 0.717) is 12.0 Å². The molecule has 8 atom stereocenters. The summed E-state index contributed by atoms with van der Waals surface area (Å²) in [5, 5.41) is 32.0. The number of fused-ring (bicyclic) bond motifs is 3. The summed E-state index contributed by atoms with van der Waals surface area (Å²) in [5.74, 6) is -0.0484. The molecule has 3 N–H and O–H groups in total.